The van der Waals surface area contributed by atoms with Crippen molar-refractivity contribution in [1.82, 2.24) is 4.98 Å². The molecule has 4 rings (SSSR count). The number of halogens is 2. The first-order valence-electron chi connectivity index (χ1n) is 8.88. The molecule has 1 aromatic heterocycles. The van der Waals surface area contributed by atoms with Crippen LogP contribution < -0.4 is 14.8 Å². The normalized spacial score (nSPS) is 10.8. The van der Waals surface area contributed by atoms with Crippen LogP contribution >= 0.6 is 23.2 Å². The Morgan fingerprint density at radius 1 is 1.03 bits per heavy atom. The second-order valence-electron chi connectivity index (χ2n) is 6.32. The summed E-state index contributed by atoms with van der Waals surface area (Å²) in [4.78, 5) is 17.4. The molecule has 0 aliphatic rings. The SMILES string of the molecule is COc1ccc(-c2nc3ccccc3o2)cc1NC(=O)c1cc(Cl)cc(Cl)c1OC. The van der Waals surface area contributed by atoms with E-state index in [1.165, 1.54) is 26.4 Å². The first-order chi connectivity index (χ1) is 14.5. The van der Waals surface area contributed by atoms with E-state index in [1.807, 2.05) is 24.3 Å². The highest BCUT2D eigenvalue weighted by Gasteiger charge is 2.19. The predicted octanol–water partition coefficient (Wildman–Crippen LogP) is 6.07. The zero-order valence-electron chi connectivity index (χ0n) is 16.0. The molecule has 3 aromatic carbocycles. The lowest BCUT2D eigenvalue weighted by Crippen LogP contribution is -2.14. The molecule has 0 aliphatic carbocycles. The van der Waals surface area contributed by atoms with E-state index in [4.69, 9.17) is 37.1 Å². The number of oxazole rings is 1. The van der Waals surface area contributed by atoms with Crippen molar-refractivity contribution in [3.8, 4) is 23.0 Å². The minimum atomic E-state index is -0.454. The number of aromatic nitrogens is 1. The maximum atomic E-state index is 13.0. The number of benzene rings is 3. The molecule has 0 atom stereocenters. The third-order valence-electron chi connectivity index (χ3n) is 4.45. The van der Waals surface area contributed by atoms with Crippen LogP contribution in [-0.4, -0.2) is 25.1 Å². The predicted molar refractivity (Wildman–Crippen MR) is 117 cm³/mol. The summed E-state index contributed by atoms with van der Waals surface area (Å²) in [6.45, 7) is 0. The van der Waals surface area contributed by atoms with Crippen molar-refractivity contribution in [3.05, 3.63) is 70.2 Å². The van der Waals surface area contributed by atoms with Crippen molar-refractivity contribution in [2.75, 3.05) is 19.5 Å². The molecule has 0 spiro atoms. The van der Waals surface area contributed by atoms with E-state index in [0.29, 0.717) is 33.5 Å². The van der Waals surface area contributed by atoms with Crippen LogP contribution in [0.3, 0.4) is 0 Å². The molecule has 1 heterocycles. The second kappa shape index (κ2) is 8.26. The molecule has 0 radical (unpaired) electrons. The Balaban J connectivity index is 1.72. The molecule has 1 amide bonds. The number of para-hydroxylation sites is 2. The van der Waals surface area contributed by atoms with Crippen molar-refractivity contribution in [1.29, 1.82) is 0 Å². The van der Waals surface area contributed by atoms with Gasteiger partial charge in [-0.3, -0.25) is 4.79 Å². The number of rotatable bonds is 5. The monoisotopic (exact) mass is 442 g/mol. The van der Waals surface area contributed by atoms with Gasteiger partial charge in [-0.15, -0.1) is 0 Å². The Kier molecular flexibility index (Phi) is 5.53. The number of nitrogens with zero attached hydrogens (tertiary/aromatic N) is 1. The van der Waals surface area contributed by atoms with Crippen molar-refractivity contribution < 1.29 is 18.7 Å². The summed E-state index contributed by atoms with van der Waals surface area (Å²) in [6, 6.07) is 15.7. The first kappa shape index (κ1) is 20.1. The van der Waals surface area contributed by atoms with E-state index >= 15 is 0 Å². The molecule has 152 valence electrons. The van der Waals surface area contributed by atoms with Crippen LogP contribution in [0.1, 0.15) is 10.4 Å². The molecule has 1 N–H and O–H groups in total. The number of nitrogens with one attached hydrogen (secondary N) is 1. The molecule has 4 aromatic rings. The second-order valence-corrected chi connectivity index (χ2v) is 7.17. The summed E-state index contributed by atoms with van der Waals surface area (Å²) < 4.78 is 16.5. The van der Waals surface area contributed by atoms with Gasteiger partial charge in [0, 0.05) is 10.6 Å². The zero-order chi connectivity index (χ0) is 21.3. The minimum Gasteiger partial charge on any atom is -0.495 e. The molecule has 0 saturated carbocycles. The van der Waals surface area contributed by atoms with E-state index in [-0.39, 0.29) is 16.3 Å². The first-order valence-corrected chi connectivity index (χ1v) is 9.64. The van der Waals surface area contributed by atoms with E-state index in [2.05, 4.69) is 10.3 Å². The molecule has 0 unspecified atom stereocenters. The number of methoxy groups -OCH3 is 2. The summed E-state index contributed by atoms with van der Waals surface area (Å²) in [5, 5.41) is 3.38. The lowest BCUT2D eigenvalue weighted by Gasteiger charge is -2.14. The summed E-state index contributed by atoms with van der Waals surface area (Å²) in [7, 11) is 2.95. The maximum absolute atomic E-state index is 13.0. The van der Waals surface area contributed by atoms with Gasteiger partial charge in [-0.2, -0.15) is 0 Å². The third-order valence-corrected chi connectivity index (χ3v) is 4.94. The zero-order valence-corrected chi connectivity index (χ0v) is 17.5. The number of amides is 1. The van der Waals surface area contributed by atoms with Gasteiger partial charge in [-0.05, 0) is 42.5 Å². The fourth-order valence-corrected chi connectivity index (χ4v) is 3.63. The molecular weight excluding hydrogens is 427 g/mol. The molecular formula is C22H16Cl2N2O4. The van der Waals surface area contributed by atoms with Gasteiger partial charge in [0.2, 0.25) is 5.89 Å². The van der Waals surface area contributed by atoms with Gasteiger partial charge in [-0.1, -0.05) is 35.3 Å². The van der Waals surface area contributed by atoms with Gasteiger partial charge >= 0.3 is 0 Å². The number of anilines is 1. The summed E-state index contributed by atoms with van der Waals surface area (Å²) in [6.07, 6.45) is 0. The van der Waals surface area contributed by atoms with Crippen molar-refractivity contribution in [3.63, 3.8) is 0 Å². The highest BCUT2D eigenvalue weighted by Crippen LogP contribution is 2.35. The fraction of sp³-hybridized carbons (Fsp3) is 0.0909. The lowest BCUT2D eigenvalue weighted by atomic mass is 10.1. The van der Waals surface area contributed by atoms with Crippen LogP contribution in [0, 0.1) is 0 Å². The molecule has 0 fully saturated rings. The average molecular weight is 443 g/mol. The number of ether oxygens (including phenoxy) is 2. The van der Waals surface area contributed by atoms with Crippen molar-refractivity contribution in [2.45, 2.75) is 0 Å². The Labute approximate surface area is 182 Å². The van der Waals surface area contributed by atoms with Crippen LogP contribution in [-0.2, 0) is 0 Å². The van der Waals surface area contributed by atoms with Crippen LogP contribution in [0.4, 0.5) is 5.69 Å². The fourth-order valence-electron chi connectivity index (χ4n) is 3.06. The highest BCUT2D eigenvalue weighted by molar-refractivity contribution is 6.36. The Morgan fingerprint density at radius 2 is 1.83 bits per heavy atom. The third kappa shape index (κ3) is 3.79. The Morgan fingerprint density at radius 3 is 2.57 bits per heavy atom. The Bertz CT molecular complexity index is 1220. The van der Waals surface area contributed by atoms with E-state index in [1.54, 1.807) is 18.2 Å². The maximum Gasteiger partial charge on any atom is 0.259 e. The van der Waals surface area contributed by atoms with Crippen LogP contribution in [0.5, 0.6) is 11.5 Å². The highest BCUT2D eigenvalue weighted by atomic mass is 35.5. The van der Waals surface area contributed by atoms with E-state index in [0.717, 1.165) is 5.52 Å². The largest absolute Gasteiger partial charge is 0.495 e. The van der Waals surface area contributed by atoms with Crippen molar-refractivity contribution >= 4 is 45.9 Å². The molecule has 0 bridgehead atoms. The van der Waals surface area contributed by atoms with Crippen LogP contribution in [0.25, 0.3) is 22.6 Å². The number of carbonyl (C=O) groups is 1. The number of hydrogen-bond acceptors (Lipinski definition) is 5. The molecule has 30 heavy (non-hydrogen) atoms. The van der Waals surface area contributed by atoms with Gasteiger partial charge in [0.15, 0.2) is 5.58 Å². The lowest BCUT2D eigenvalue weighted by molar-refractivity contribution is 0.102. The standard InChI is InChI=1S/C22H16Cl2N2O4/c1-28-18-8-7-12(22-26-16-5-3-4-6-19(16)30-22)9-17(18)25-21(27)14-10-13(23)11-15(24)20(14)29-2/h3-11H,1-2H3,(H,25,27). The number of hydrogen-bond donors (Lipinski definition) is 1. The Hall–Kier alpha value is -3.22. The molecule has 8 heteroatoms. The van der Waals surface area contributed by atoms with Crippen LogP contribution in [0.2, 0.25) is 10.0 Å². The van der Waals surface area contributed by atoms with E-state index < -0.39 is 5.91 Å². The summed E-state index contributed by atoms with van der Waals surface area (Å²) in [5.41, 5.74) is 2.72. The summed E-state index contributed by atoms with van der Waals surface area (Å²) in [5.74, 6) is 0.671. The van der Waals surface area contributed by atoms with Gasteiger partial charge in [0.05, 0.1) is 30.5 Å². The number of fused-ring (bicyclic) bond motifs is 1. The number of carbonyl (C=O) groups excluding carboxylic acids is 1. The smallest absolute Gasteiger partial charge is 0.259 e. The van der Waals surface area contributed by atoms with Crippen LogP contribution in [0.15, 0.2) is 59.0 Å². The van der Waals surface area contributed by atoms with Crippen molar-refractivity contribution in [2.24, 2.45) is 0 Å². The van der Waals surface area contributed by atoms with Gasteiger partial charge < -0.3 is 19.2 Å². The molecule has 6 nitrogen and oxygen atoms in total. The summed E-state index contributed by atoms with van der Waals surface area (Å²) >= 11 is 12.2. The quantitative estimate of drug-likeness (QED) is 0.405. The van der Waals surface area contributed by atoms with E-state index in [9.17, 15) is 4.79 Å². The van der Waals surface area contributed by atoms with Gasteiger partial charge in [0.25, 0.3) is 5.91 Å². The topological polar surface area (TPSA) is 73.6 Å². The molecule has 0 saturated heterocycles. The molecule has 0 aliphatic heterocycles. The van der Waals surface area contributed by atoms with Gasteiger partial charge in [-0.25, -0.2) is 4.98 Å². The minimum absolute atomic E-state index is 0.198. The average Bonchev–Trinajstić information content (AvgIpc) is 3.17. The van der Waals surface area contributed by atoms with Gasteiger partial charge in [0.1, 0.15) is 17.0 Å².